The summed E-state index contributed by atoms with van der Waals surface area (Å²) in [6, 6.07) is 4.29. The Labute approximate surface area is 52.5 Å². The Kier molecular flexibility index (Phi) is 1.62. The van der Waals surface area contributed by atoms with E-state index < -0.39 is 0 Å². The van der Waals surface area contributed by atoms with Crippen LogP contribution in [-0.4, -0.2) is 23.0 Å². The average Bonchev–Trinajstić information content (AvgIpc) is 1.86. The first-order valence-corrected chi connectivity index (χ1v) is 4.07. The second-order valence-corrected chi connectivity index (χ2v) is 4.84. The molecule has 6 heavy (non-hydrogen) atoms. The fourth-order valence-corrected chi connectivity index (χ4v) is 1.76. The van der Waals surface area contributed by atoms with E-state index in [4.69, 9.17) is 0 Å². The van der Waals surface area contributed by atoms with Crippen LogP contribution < -0.4 is 3.24 Å². The molecule has 1 aromatic heterocycles. The third kappa shape index (κ3) is 1.03. The normalized spacial score (nSPS) is 10.2. The van der Waals surface area contributed by atoms with Gasteiger partial charge < -0.3 is 0 Å². The monoisotopic (exact) mass is 204 g/mol. The first kappa shape index (κ1) is 4.75. The van der Waals surface area contributed by atoms with Gasteiger partial charge in [0, 0.05) is 0 Å². The van der Waals surface area contributed by atoms with Gasteiger partial charge in [-0.15, -0.1) is 0 Å². The van der Waals surface area contributed by atoms with Crippen LogP contribution in [-0.2, 0) is 0 Å². The molecule has 0 nitrogen and oxygen atoms in total. The van der Waals surface area contributed by atoms with Crippen LogP contribution in [0, 0.1) is 0 Å². The van der Waals surface area contributed by atoms with Crippen molar-refractivity contribution in [1.29, 1.82) is 0 Å². The molecule has 1 atom stereocenters. The number of hydrogen-bond acceptors (Lipinski definition) is 0. The molecule has 30 valence electrons. The Balaban J connectivity index is 3.05. The Morgan fingerprint density at radius 2 is 2.50 bits per heavy atom. The summed E-state index contributed by atoms with van der Waals surface area (Å²) in [6.07, 6.45) is 0. The predicted octanol–water partition coefficient (Wildman–Crippen LogP) is 0.512. The summed E-state index contributed by atoms with van der Waals surface area (Å²) in [6.45, 7) is 0. The van der Waals surface area contributed by atoms with Crippen LogP contribution in [0.1, 0.15) is 0 Å². The van der Waals surface area contributed by atoms with Gasteiger partial charge in [0.25, 0.3) is 0 Å². The van der Waals surface area contributed by atoms with Crippen molar-refractivity contribution in [2.24, 2.45) is 0 Å². The summed E-state index contributed by atoms with van der Waals surface area (Å²) in [5, 5.41) is 0. The zero-order chi connectivity index (χ0) is 4.41. The van der Waals surface area contributed by atoms with Gasteiger partial charge in [0.05, 0.1) is 0 Å². The molecule has 0 spiro atoms. The predicted molar refractivity (Wildman–Crippen MR) is 31.3 cm³/mol. The fraction of sp³-hybridized carbons (Fsp3) is 0. The van der Waals surface area contributed by atoms with Gasteiger partial charge in [0.1, 0.15) is 0 Å². The van der Waals surface area contributed by atoms with Crippen LogP contribution in [0.4, 0.5) is 0 Å². The molecule has 0 N–H and O–H groups in total. The number of hydrogen-bond donors (Lipinski definition) is 0. The summed E-state index contributed by atoms with van der Waals surface area (Å²) in [5.74, 6) is 2.20. The molecule has 0 saturated heterocycles. The van der Waals surface area contributed by atoms with E-state index in [1.165, 1.54) is 0 Å². The van der Waals surface area contributed by atoms with E-state index in [0.717, 1.165) is 8.19 Å². The molecule has 0 amide bonds. The molecule has 0 aromatic carbocycles. The molecule has 2 heteroatoms. The maximum atomic E-state index is 2.20. The second kappa shape index (κ2) is 2.05. The van der Waals surface area contributed by atoms with Gasteiger partial charge in [-0.25, -0.2) is 0 Å². The Hall–Kier alpha value is 0.598. The molecule has 0 bridgehead atoms. The molecule has 1 unspecified atom stereocenters. The van der Waals surface area contributed by atoms with Crippen molar-refractivity contribution in [2.75, 3.05) is 0 Å². The van der Waals surface area contributed by atoms with E-state index in [1.807, 2.05) is 23.0 Å². The molecule has 2 radical (unpaired) electrons. The van der Waals surface area contributed by atoms with Crippen LogP contribution >= 0.6 is 8.19 Å². The van der Waals surface area contributed by atoms with Gasteiger partial charge >= 0.3 is 52.4 Å². The van der Waals surface area contributed by atoms with Gasteiger partial charge in [0.15, 0.2) is 0 Å². The standard InChI is InChI=1S/C4H4P.Sb/c1-2-4-5-3-1;/h1-3,5H;. The minimum absolute atomic E-state index is 0.985. The molecule has 1 heterocycles. The molecule has 1 rings (SSSR count). The summed E-state index contributed by atoms with van der Waals surface area (Å²) < 4.78 is 1.55. The van der Waals surface area contributed by atoms with Crippen LogP contribution in [0.25, 0.3) is 0 Å². The first-order valence-electron chi connectivity index (χ1n) is 1.72. The number of rotatable bonds is 0. The summed E-state index contributed by atoms with van der Waals surface area (Å²) >= 11 is 1.83. The van der Waals surface area contributed by atoms with E-state index in [0.29, 0.717) is 0 Å². The maximum absolute atomic E-state index is 2.20. The molecular formula is C4H4PSb. The van der Waals surface area contributed by atoms with Crippen molar-refractivity contribution in [1.82, 2.24) is 0 Å². The first-order chi connectivity index (χ1) is 2.89. The zero-order valence-corrected chi connectivity index (χ0v) is 6.73. The van der Waals surface area contributed by atoms with Crippen LogP contribution in [0.3, 0.4) is 0 Å². The molecule has 1 aromatic rings. The van der Waals surface area contributed by atoms with E-state index in [-0.39, 0.29) is 0 Å². The van der Waals surface area contributed by atoms with Gasteiger partial charge in [-0.3, -0.25) is 0 Å². The van der Waals surface area contributed by atoms with Crippen molar-refractivity contribution >= 4 is 34.5 Å². The Morgan fingerprint density at radius 1 is 1.67 bits per heavy atom. The Morgan fingerprint density at radius 3 is 2.67 bits per heavy atom. The summed E-state index contributed by atoms with van der Waals surface area (Å²) in [4.78, 5) is 0. The molecule has 0 saturated carbocycles. The van der Waals surface area contributed by atoms with Gasteiger partial charge in [-0.05, 0) is 0 Å². The third-order valence-electron chi connectivity index (χ3n) is 0.582. The SMILES string of the molecule is [Sb][c]1ccc[pH]1. The van der Waals surface area contributed by atoms with E-state index in [2.05, 4.69) is 17.9 Å². The van der Waals surface area contributed by atoms with Gasteiger partial charge in [0.2, 0.25) is 0 Å². The Bertz CT molecular complexity index is 111. The molecule has 0 fully saturated rings. The summed E-state index contributed by atoms with van der Waals surface area (Å²) in [7, 11) is 0.985. The second-order valence-electron chi connectivity index (χ2n) is 1.06. The zero-order valence-electron chi connectivity index (χ0n) is 3.18. The van der Waals surface area contributed by atoms with Crippen molar-refractivity contribution in [2.45, 2.75) is 0 Å². The van der Waals surface area contributed by atoms with E-state index in [9.17, 15) is 0 Å². The molecule has 0 aliphatic heterocycles. The van der Waals surface area contributed by atoms with Crippen LogP contribution in [0.15, 0.2) is 17.9 Å². The van der Waals surface area contributed by atoms with Crippen molar-refractivity contribution in [3.8, 4) is 0 Å². The van der Waals surface area contributed by atoms with Crippen molar-refractivity contribution < 1.29 is 0 Å². The van der Waals surface area contributed by atoms with Crippen molar-refractivity contribution in [3.63, 3.8) is 0 Å². The minimum atomic E-state index is 0.985. The van der Waals surface area contributed by atoms with Gasteiger partial charge in [-0.1, -0.05) is 0 Å². The summed E-state index contributed by atoms with van der Waals surface area (Å²) in [5.41, 5.74) is 0. The quantitative estimate of drug-likeness (QED) is 0.541. The molecular weight excluding hydrogens is 201 g/mol. The van der Waals surface area contributed by atoms with Crippen LogP contribution in [0.2, 0.25) is 0 Å². The third-order valence-corrected chi connectivity index (χ3v) is 2.93. The van der Waals surface area contributed by atoms with Gasteiger partial charge in [-0.2, -0.15) is 0 Å². The molecule has 0 aliphatic rings. The van der Waals surface area contributed by atoms with E-state index in [1.54, 1.807) is 3.24 Å². The average molecular weight is 205 g/mol. The fourth-order valence-electron chi connectivity index (χ4n) is 0.321. The van der Waals surface area contributed by atoms with Crippen LogP contribution in [0.5, 0.6) is 0 Å². The topological polar surface area (TPSA) is 0 Å². The van der Waals surface area contributed by atoms with E-state index >= 15 is 0 Å². The molecule has 0 aliphatic carbocycles. The van der Waals surface area contributed by atoms with Crippen molar-refractivity contribution in [3.05, 3.63) is 17.9 Å².